The van der Waals surface area contributed by atoms with Crippen molar-refractivity contribution in [3.8, 4) is 11.3 Å². The molecule has 0 atom stereocenters. The van der Waals surface area contributed by atoms with Crippen molar-refractivity contribution in [3.05, 3.63) is 68.7 Å². The monoisotopic (exact) mass is 461 g/mol. The molecule has 0 N–H and O–H groups in total. The van der Waals surface area contributed by atoms with Crippen LogP contribution in [-0.2, 0) is 4.74 Å². The molecule has 7 heteroatoms. The van der Waals surface area contributed by atoms with Crippen molar-refractivity contribution in [1.29, 1.82) is 0 Å². The smallest absolute Gasteiger partial charge is 0.206 e. The maximum absolute atomic E-state index is 5.12. The first-order valence-electron chi connectivity index (χ1n) is 8.35. The summed E-state index contributed by atoms with van der Waals surface area (Å²) >= 11 is 6.85. The van der Waals surface area contributed by atoms with Gasteiger partial charge in [0.1, 0.15) is 0 Å². The molecule has 2 aromatic carbocycles. The Morgan fingerprint density at radius 1 is 1.22 bits per heavy atom. The average molecular weight is 462 g/mol. The van der Waals surface area contributed by atoms with Gasteiger partial charge in [-0.05, 0) is 36.1 Å². The van der Waals surface area contributed by atoms with Crippen molar-refractivity contribution in [3.63, 3.8) is 0 Å². The molecule has 0 bridgehead atoms. The quantitative estimate of drug-likeness (QED) is 0.277. The summed E-state index contributed by atoms with van der Waals surface area (Å²) < 4.78 is 8.04. The lowest BCUT2D eigenvalue weighted by atomic mass is 10.2. The second-order valence-electron chi connectivity index (χ2n) is 5.62. The van der Waals surface area contributed by atoms with Crippen LogP contribution in [-0.4, -0.2) is 37.4 Å². The Morgan fingerprint density at radius 2 is 2.04 bits per heavy atom. The molecule has 27 heavy (non-hydrogen) atoms. The standard InChI is InChI=1S/C20H20BrN3OS2/c1-25-11-10-22-20-24(23-13-15-6-8-18(26-2)9-7-15)19(14-27-20)16-4-3-5-17(21)12-16/h3-9,12-14H,10-11H2,1-2H3/b22-20?,23-13-. The van der Waals surface area contributed by atoms with Gasteiger partial charge in [-0.3, -0.25) is 4.99 Å². The predicted molar refractivity (Wildman–Crippen MR) is 119 cm³/mol. The molecule has 0 fully saturated rings. The van der Waals surface area contributed by atoms with Gasteiger partial charge in [0.15, 0.2) is 0 Å². The van der Waals surface area contributed by atoms with E-state index in [9.17, 15) is 0 Å². The van der Waals surface area contributed by atoms with E-state index in [1.165, 1.54) is 4.90 Å². The van der Waals surface area contributed by atoms with Gasteiger partial charge >= 0.3 is 0 Å². The van der Waals surface area contributed by atoms with Crippen LogP contribution in [0.25, 0.3) is 11.3 Å². The minimum absolute atomic E-state index is 0.587. The molecule has 0 amide bonds. The minimum Gasteiger partial charge on any atom is -0.383 e. The van der Waals surface area contributed by atoms with Crippen LogP contribution in [0.2, 0.25) is 0 Å². The molecular weight excluding hydrogens is 442 g/mol. The number of rotatable bonds is 7. The van der Waals surface area contributed by atoms with Crippen LogP contribution in [0.15, 0.2) is 73.4 Å². The first-order valence-corrected chi connectivity index (χ1v) is 11.3. The van der Waals surface area contributed by atoms with Gasteiger partial charge in [-0.1, -0.05) is 40.2 Å². The van der Waals surface area contributed by atoms with E-state index in [4.69, 9.17) is 9.84 Å². The summed E-state index contributed by atoms with van der Waals surface area (Å²) in [6, 6.07) is 16.5. The predicted octanol–water partition coefficient (Wildman–Crippen LogP) is 5.13. The van der Waals surface area contributed by atoms with E-state index >= 15 is 0 Å². The molecule has 0 radical (unpaired) electrons. The Morgan fingerprint density at radius 3 is 2.74 bits per heavy atom. The van der Waals surface area contributed by atoms with E-state index < -0.39 is 0 Å². The number of ether oxygens (including phenoxy) is 1. The van der Waals surface area contributed by atoms with Gasteiger partial charge in [0, 0.05) is 27.4 Å². The van der Waals surface area contributed by atoms with Crippen molar-refractivity contribution in [2.24, 2.45) is 10.1 Å². The lowest BCUT2D eigenvalue weighted by molar-refractivity contribution is 0.207. The number of benzene rings is 2. The molecule has 0 aliphatic heterocycles. The first-order chi connectivity index (χ1) is 13.2. The first kappa shape index (κ1) is 20.1. The average Bonchev–Trinajstić information content (AvgIpc) is 3.10. The number of aromatic nitrogens is 1. The summed E-state index contributed by atoms with van der Waals surface area (Å²) in [6.45, 7) is 1.19. The largest absolute Gasteiger partial charge is 0.383 e. The highest BCUT2D eigenvalue weighted by atomic mass is 79.9. The molecule has 0 aliphatic rings. The molecule has 1 aromatic heterocycles. The van der Waals surface area contributed by atoms with E-state index in [2.05, 4.69) is 69.0 Å². The highest BCUT2D eigenvalue weighted by Crippen LogP contribution is 2.23. The summed E-state index contributed by atoms with van der Waals surface area (Å²) in [6.07, 6.45) is 3.94. The van der Waals surface area contributed by atoms with Crippen LogP contribution in [0.1, 0.15) is 5.56 Å². The maximum atomic E-state index is 5.12. The molecule has 4 nitrogen and oxygen atoms in total. The van der Waals surface area contributed by atoms with Gasteiger partial charge in [0.2, 0.25) is 4.80 Å². The normalized spacial score (nSPS) is 12.2. The van der Waals surface area contributed by atoms with Crippen molar-refractivity contribution >= 4 is 45.2 Å². The Balaban J connectivity index is 2.00. The lowest BCUT2D eigenvalue weighted by Crippen LogP contribution is -2.13. The summed E-state index contributed by atoms with van der Waals surface area (Å²) in [5.74, 6) is 0. The number of halogens is 1. The number of thiazole rings is 1. The fraction of sp³-hybridized carbons (Fsp3) is 0.200. The Kier molecular flexibility index (Phi) is 7.46. The second kappa shape index (κ2) is 10.0. The number of thioether (sulfide) groups is 1. The fourth-order valence-electron chi connectivity index (χ4n) is 2.41. The summed E-state index contributed by atoms with van der Waals surface area (Å²) in [5, 5.41) is 6.81. The Hall–Kier alpha value is -1.67. The van der Waals surface area contributed by atoms with Crippen molar-refractivity contribution in [1.82, 2.24) is 4.68 Å². The van der Waals surface area contributed by atoms with Crippen molar-refractivity contribution in [2.75, 3.05) is 26.5 Å². The third-order valence-electron chi connectivity index (χ3n) is 3.79. The Labute approximate surface area is 175 Å². The van der Waals surface area contributed by atoms with Crippen LogP contribution in [0.4, 0.5) is 0 Å². The topological polar surface area (TPSA) is 38.9 Å². The molecule has 1 heterocycles. The van der Waals surface area contributed by atoms with Crippen molar-refractivity contribution in [2.45, 2.75) is 4.90 Å². The van der Waals surface area contributed by atoms with E-state index in [1.807, 2.05) is 23.0 Å². The molecule has 3 rings (SSSR count). The van der Waals surface area contributed by atoms with E-state index in [1.54, 1.807) is 30.2 Å². The van der Waals surface area contributed by atoms with Gasteiger partial charge in [-0.2, -0.15) is 5.10 Å². The maximum Gasteiger partial charge on any atom is 0.206 e. The fourth-order valence-corrected chi connectivity index (χ4v) is 4.08. The molecule has 0 saturated carbocycles. The third-order valence-corrected chi connectivity index (χ3v) is 5.88. The van der Waals surface area contributed by atoms with Gasteiger partial charge < -0.3 is 4.74 Å². The van der Waals surface area contributed by atoms with Crippen LogP contribution >= 0.6 is 39.0 Å². The van der Waals surface area contributed by atoms with Crippen LogP contribution in [0.3, 0.4) is 0 Å². The summed E-state index contributed by atoms with van der Waals surface area (Å²) in [5.41, 5.74) is 3.15. The molecule has 140 valence electrons. The highest BCUT2D eigenvalue weighted by Gasteiger charge is 2.08. The van der Waals surface area contributed by atoms with Crippen LogP contribution in [0, 0.1) is 0 Å². The third kappa shape index (κ3) is 5.42. The van der Waals surface area contributed by atoms with E-state index in [0.717, 1.165) is 26.1 Å². The molecule has 0 spiro atoms. The minimum atomic E-state index is 0.587. The molecular formula is C20H20BrN3OS2. The number of hydrogen-bond donors (Lipinski definition) is 0. The number of hydrogen-bond acceptors (Lipinski definition) is 5. The molecule has 0 unspecified atom stereocenters. The van der Waals surface area contributed by atoms with Gasteiger partial charge in [-0.25, -0.2) is 4.68 Å². The van der Waals surface area contributed by atoms with E-state index in [-0.39, 0.29) is 0 Å². The number of methoxy groups -OCH3 is 1. The second-order valence-corrected chi connectivity index (χ2v) is 8.25. The van der Waals surface area contributed by atoms with Gasteiger partial charge in [-0.15, -0.1) is 23.1 Å². The zero-order chi connectivity index (χ0) is 19.1. The van der Waals surface area contributed by atoms with Crippen LogP contribution in [0.5, 0.6) is 0 Å². The summed E-state index contributed by atoms with van der Waals surface area (Å²) in [4.78, 5) is 6.71. The van der Waals surface area contributed by atoms with E-state index in [0.29, 0.717) is 13.2 Å². The SMILES string of the molecule is COCCN=c1scc(-c2cccc(Br)c2)n1/N=C\c1ccc(SC)cc1. The zero-order valence-electron chi connectivity index (χ0n) is 15.1. The van der Waals surface area contributed by atoms with Crippen LogP contribution < -0.4 is 4.80 Å². The van der Waals surface area contributed by atoms with Crippen molar-refractivity contribution < 1.29 is 4.74 Å². The summed E-state index contributed by atoms with van der Waals surface area (Å²) in [7, 11) is 1.68. The zero-order valence-corrected chi connectivity index (χ0v) is 18.4. The van der Waals surface area contributed by atoms with Gasteiger partial charge in [0.25, 0.3) is 0 Å². The molecule has 0 saturated heterocycles. The van der Waals surface area contributed by atoms with Gasteiger partial charge in [0.05, 0.1) is 25.1 Å². The Bertz CT molecular complexity index is 977. The molecule has 3 aromatic rings. The lowest BCUT2D eigenvalue weighted by Gasteiger charge is -2.04. The highest BCUT2D eigenvalue weighted by molar-refractivity contribution is 9.10. The number of nitrogens with zero attached hydrogens (tertiary/aromatic N) is 3. The molecule has 0 aliphatic carbocycles.